The number of fused-ring (bicyclic) bond motifs is 3. The lowest BCUT2D eigenvalue weighted by Gasteiger charge is -2.32. The minimum absolute atomic E-state index is 0.0280. The van der Waals surface area contributed by atoms with Crippen molar-refractivity contribution in [3.05, 3.63) is 41.4 Å². The Morgan fingerprint density at radius 2 is 1.88 bits per heavy atom. The van der Waals surface area contributed by atoms with Crippen molar-refractivity contribution in [2.45, 2.75) is 108 Å². The Balaban J connectivity index is 1.36. The molecular weight excluding hydrogens is 714 g/mol. The van der Waals surface area contributed by atoms with Gasteiger partial charge in [-0.2, -0.15) is 4.98 Å². The number of carboxylic acid groups (broad SMARTS) is 1. The standard InChI is InChI=1S/C36H46ClN5O9S/c1-19(2)50-29-16-26-25(10-7-11-27(26)37)32(38-29)51-23-15-28-31(43)40-36(34(45)41-52(48,49)24-12-13-24)17-22(36)9-6-5-8-20(3)14-21(4)30(39-35(46)47)33(44)42(28)18-23/h6-7,9-11,16,19-24,28,30,39H,5,8,12-15,17-18H2,1-4H3,(H,40,43)(H,41,45)(H,46,47)/b9-6-/t20-,21+,22+,23+,28-,30-,36+/m0/s1. The quantitative estimate of drug-likeness (QED) is 0.284. The summed E-state index contributed by atoms with van der Waals surface area (Å²) in [5.74, 6) is -2.45. The zero-order valence-corrected chi connectivity index (χ0v) is 31.2. The second-order valence-corrected chi connectivity index (χ2v) is 17.3. The molecule has 2 saturated carbocycles. The van der Waals surface area contributed by atoms with Gasteiger partial charge in [0.2, 0.25) is 33.6 Å². The van der Waals surface area contributed by atoms with Crippen molar-refractivity contribution in [3.63, 3.8) is 0 Å². The van der Waals surface area contributed by atoms with Gasteiger partial charge in [0.25, 0.3) is 5.91 Å². The number of nitrogens with zero attached hydrogens (tertiary/aromatic N) is 2. The highest BCUT2D eigenvalue weighted by Gasteiger charge is 2.62. The smallest absolute Gasteiger partial charge is 0.405 e. The van der Waals surface area contributed by atoms with Crippen LogP contribution in [0, 0.1) is 17.8 Å². The molecule has 16 heteroatoms. The number of amides is 4. The number of aromatic nitrogens is 1. The first kappa shape index (κ1) is 37.6. The molecule has 52 heavy (non-hydrogen) atoms. The predicted molar refractivity (Wildman–Crippen MR) is 192 cm³/mol. The van der Waals surface area contributed by atoms with Crippen molar-refractivity contribution < 1.29 is 42.2 Å². The SMILES string of the molecule is CC(C)Oc1cc2c(Cl)cccc2c(O[C@@H]2C[C@H]3C(=O)N[C@]4(C(=O)NS(=O)(=O)C5CC5)C[C@H]4/C=C\CC[C@H](C)C[C@@H](C)[C@H](NC(=O)O)C(=O)N3C2)n1. The number of sulfonamides is 1. The van der Waals surface area contributed by atoms with Crippen LogP contribution >= 0.6 is 11.6 Å². The van der Waals surface area contributed by atoms with Gasteiger partial charge in [-0.1, -0.05) is 43.7 Å². The van der Waals surface area contributed by atoms with Crippen molar-refractivity contribution in [2.75, 3.05) is 6.54 Å². The van der Waals surface area contributed by atoms with Crippen LogP contribution in [0.25, 0.3) is 10.8 Å². The monoisotopic (exact) mass is 759 g/mol. The summed E-state index contributed by atoms with van der Waals surface area (Å²) in [6, 6.07) is 4.59. The fourth-order valence-electron chi connectivity index (χ4n) is 7.37. The Hall–Kier alpha value is -4.11. The van der Waals surface area contributed by atoms with Gasteiger partial charge < -0.3 is 30.1 Å². The van der Waals surface area contributed by atoms with Crippen LogP contribution in [-0.2, 0) is 24.4 Å². The number of benzene rings is 1. The van der Waals surface area contributed by atoms with E-state index < -0.39 is 74.7 Å². The lowest BCUT2D eigenvalue weighted by molar-refractivity contribution is -0.142. The summed E-state index contributed by atoms with van der Waals surface area (Å²) in [5, 5.41) is 16.0. The third-order valence-electron chi connectivity index (χ3n) is 10.3. The van der Waals surface area contributed by atoms with Crippen LogP contribution in [0.15, 0.2) is 36.4 Å². The van der Waals surface area contributed by atoms with E-state index in [4.69, 9.17) is 21.1 Å². The molecule has 4 aliphatic rings. The molecule has 282 valence electrons. The number of halogens is 1. The van der Waals surface area contributed by atoms with Gasteiger partial charge in [-0.3, -0.25) is 19.1 Å². The minimum atomic E-state index is -3.91. The van der Waals surface area contributed by atoms with Gasteiger partial charge in [-0.15, -0.1) is 0 Å². The molecule has 1 aromatic heterocycles. The van der Waals surface area contributed by atoms with Crippen molar-refractivity contribution in [2.24, 2.45) is 17.8 Å². The summed E-state index contributed by atoms with van der Waals surface area (Å²) in [5.41, 5.74) is -1.54. The van der Waals surface area contributed by atoms with Crippen LogP contribution in [0.4, 0.5) is 4.79 Å². The summed E-state index contributed by atoms with van der Waals surface area (Å²) < 4.78 is 40.1. The lowest BCUT2D eigenvalue weighted by Crippen LogP contribution is -2.59. The van der Waals surface area contributed by atoms with Crippen molar-refractivity contribution in [3.8, 4) is 11.8 Å². The van der Waals surface area contributed by atoms with Crippen molar-refractivity contribution >= 4 is 56.2 Å². The van der Waals surface area contributed by atoms with E-state index in [0.29, 0.717) is 41.5 Å². The molecule has 0 unspecified atom stereocenters. The van der Waals surface area contributed by atoms with Gasteiger partial charge in [0, 0.05) is 34.2 Å². The summed E-state index contributed by atoms with van der Waals surface area (Å²) in [6.45, 7) is 7.43. The van der Waals surface area contributed by atoms with Crippen LogP contribution in [0.5, 0.6) is 11.8 Å². The van der Waals surface area contributed by atoms with E-state index in [-0.39, 0.29) is 43.2 Å². The first-order valence-electron chi connectivity index (χ1n) is 17.8. The third kappa shape index (κ3) is 8.09. The van der Waals surface area contributed by atoms with Gasteiger partial charge in [-0.25, -0.2) is 13.2 Å². The van der Waals surface area contributed by atoms with E-state index >= 15 is 0 Å². The van der Waals surface area contributed by atoms with E-state index in [1.165, 1.54) is 4.90 Å². The first-order valence-corrected chi connectivity index (χ1v) is 19.8. The van der Waals surface area contributed by atoms with Crippen LogP contribution in [0.1, 0.15) is 72.6 Å². The first-order chi connectivity index (χ1) is 24.6. The van der Waals surface area contributed by atoms with Crippen molar-refractivity contribution in [1.82, 2.24) is 25.2 Å². The lowest BCUT2D eigenvalue weighted by atomic mass is 9.88. The number of hydrogen-bond acceptors (Lipinski definition) is 9. The molecule has 6 rings (SSSR count). The molecule has 4 amide bonds. The van der Waals surface area contributed by atoms with Crippen LogP contribution < -0.4 is 24.8 Å². The van der Waals surface area contributed by atoms with Crippen LogP contribution in [0.3, 0.4) is 0 Å². The Labute approximate surface area is 308 Å². The van der Waals surface area contributed by atoms with Crippen LogP contribution in [-0.4, -0.2) is 88.8 Å². The molecule has 3 heterocycles. The number of carbonyl (C=O) groups excluding carboxylic acids is 3. The molecule has 2 aliphatic carbocycles. The van der Waals surface area contributed by atoms with Gasteiger partial charge in [0.05, 0.1) is 17.9 Å². The molecule has 3 fully saturated rings. The molecule has 0 bridgehead atoms. The Morgan fingerprint density at radius 1 is 1.13 bits per heavy atom. The fraction of sp³-hybridized carbons (Fsp3) is 0.583. The number of ether oxygens (including phenoxy) is 2. The maximum atomic E-state index is 14.4. The normalized spacial score (nSPS) is 30.3. The van der Waals surface area contributed by atoms with E-state index in [0.717, 1.165) is 6.42 Å². The van der Waals surface area contributed by atoms with Gasteiger partial charge >= 0.3 is 6.09 Å². The average molecular weight is 760 g/mol. The van der Waals surface area contributed by atoms with E-state index in [1.54, 1.807) is 31.2 Å². The van der Waals surface area contributed by atoms with Gasteiger partial charge in [0.15, 0.2) is 0 Å². The number of hydrogen-bond donors (Lipinski definition) is 4. The predicted octanol–water partition coefficient (Wildman–Crippen LogP) is 4.16. The topological polar surface area (TPSA) is 193 Å². The average Bonchev–Trinajstić information content (AvgIpc) is 3.98. The summed E-state index contributed by atoms with van der Waals surface area (Å²) in [6.07, 6.45) is 4.35. The highest BCUT2D eigenvalue weighted by Crippen LogP contribution is 2.46. The molecule has 7 atom stereocenters. The molecule has 1 saturated heterocycles. The zero-order chi connectivity index (χ0) is 37.5. The Bertz CT molecular complexity index is 1890. The minimum Gasteiger partial charge on any atom is -0.475 e. The Kier molecular flexibility index (Phi) is 10.7. The second kappa shape index (κ2) is 14.7. The Morgan fingerprint density at radius 3 is 2.58 bits per heavy atom. The molecule has 2 aliphatic heterocycles. The molecule has 14 nitrogen and oxygen atoms in total. The molecule has 2 aromatic rings. The van der Waals surface area contributed by atoms with Crippen LogP contribution in [0.2, 0.25) is 5.02 Å². The van der Waals surface area contributed by atoms with Gasteiger partial charge in [-0.05, 0) is 76.3 Å². The maximum Gasteiger partial charge on any atom is 0.405 e. The van der Waals surface area contributed by atoms with E-state index in [1.807, 2.05) is 32.9 Å². The second-order valence-electron chi connectivity index (χ2n) is 14.9. The summed E-state index contributed by atoms with van der Waals surface area (Å²) >= 11 is 6.54. The molecule has 4 N–H and O–H groups in total. The maximum absolute atomic E-state index is 14.4. The molecule has 0 spiro atoms. The largest absolute Gasteiger partial charge is 0.475 e. The zero-order valence-electron chi connectivity index (χ0n) is 29.6. The summed E-state index contributed by atoms with van der Waals surface area (Å²) in [7, 11) is -3.91. The number of nitrogens with one attached hydrogen (secondary N) is 3. The highest BCUT2D eigenvalue weighted by atomic mass is 35.5. The molecule has 1 aromatic carbocycles. The number of allylic oxidation sites excluding steroid dienone is 1. The third-order valence-corrected chi connectivity index (χ3v) is 12.4. The fourth-order valence-corrected chi connectivity index (χ4v) is 8.96. The molecular formula is C36H46ClN5O9S. The number of pyridine rings is 1. The van der Waals surface area contributed by atoms with Gasteiger partial charge in [0.1, 0.15) is 23.7 Å². The number of carbonyl (C=O) groups is 4. The summed E-state index contributed by atoms with van der Waals surface area (Å²) in [4.78, 5) is 60.3. The van der Waals surface area contributed by atoms with E-state index in [2.05, 4.69) is 20.3 Å². The van der Waals surface area contributed by atoms with E-state index in [9.17, 15) is 32.7 Å². The highest BCUT2D eigenvalue weighted by molar-refractivity contribution is 7.91. The number of rotatable bonds is 8. The molecule has 0 radical (unpaired) electrons. The van der Waals surface area contributed by atoms with Crippen molar-refractivity contribution in [1.29, 1.82) is 0 Å².